The minimum Gasteiger partial charge on any atom is -0.354 e. The second-order valence-electron chi connectivity index (χ2n) is 6.29. The number of hydrogen-bond donors (Lipinski definition) is 2. The van der Waals surface area contributed by atoms with Crippen LogP contribution in [0.25, 0.3) is 0 Å². The molecule has 138 valence electrons. The zero-order valence-electron chi connectivity index (χ0n) is 15.5. The van der Waals surface area contributed by atoms with Crippen LogP contribution < -0.4 is 10.6 Å². The summed E-state index contributed by atoms with van der Waals surface area (Å²) >= 11 is 0. The van der Waals surface area contributed by atoms with Gasteiger partial charge in [-0.3, -0.25) is 4.79 Å². The van der Waals surface area contributed by atoms with Crippen molar-refractivity contribution in [1.29, 1.82) is 0 Å². The highest BCUT2D eigenvalue weighted by molar-refractivity contribution is 6.02. The number of carbonyl (C=O) groups excluding carboxylic acids is 1. The van der Waals surface area contributed by atoms with Crippen molar-refractivity contribution < 1.29 is 4.79 Å². The highest BCUT2D eigenvalue weighted by Gasteiger charge is 2.09. The van der Waals surface area contributed by atoms with Gasteiger partial charge in [-0.1, -0.05) is 49.4 Å². The Balaban J connectivity index is 1.52. The van der Waals surface area contributed by atoms with Gasteiger partial charge in [-0.15, -0.1) is 0 Å². The predicted octanol–water partition coefficient (Wildman–Crippen LogP) is 4.34. The molecule has 1 heterocycles. The molecule has 1 aromatic heterocycles. The van der Waals surface area contributed by atoms with Crippen LogP contribution in [0.4, 0.5) is 11.6 Å². The topological polar surface area (TPSA) is 66.9 Å². The standard InChI is InChI=1S/C22H24N4O/c1-2-17-10-12-19(13-11-17)25-21(27)20-14-16-24-22(26-20)23-15-6-9-18-7-4-3-5-8-18/h3-5,7-8,10-14,16H,2,6,9,15H2,1H3,(H,25,27)(H,23,24,26). The second kappa shape index (κ2) is 9.48. The first kappa shape index (κ1) is 18.6. The van der Waals surface area contributed by atoms with E-state index in [-0.39, 0.29) is 5.91 Å². The van der Waals surface area contributed by atoms with Crippen molar-refractivity contribution in [3.63, 3.8) is 0 Å². The molecule has 0 saturated heterocycles. The zero-order chi connectivity index (χ0) is 18.9. The number of aromatic nitrogens is 2. The summed E-state index contributed by atoms with van der Waals surface area (Å²) in [5.41, 5.74) is 3.64. The molecule has 0 aliphatic carbocycles. The van der Waals surface area contributed by atoms with Gasteiger partial charge in [-0.05, 0) is 48.6 Å². The Kier molecular flexibility index (Phi) is 6.52. The molecule has 0 bridgehead atoms. The van der Waals surface area contributed by atoms with Gasteiger partial charge in [0.25, 0.3) is 5.91 Å². The van der Waals surface area contributed by atoms with E-state index in [0.717, 1.165) is 31.5 Å². The number of hydrogen-bond acceptors (Lipinski definition) is 4. The number of amides is 1. The first-order valence-electron chi connectivity index (χ1n) is 9.25. The third kappa shape index (κ3) is 5.64. The average molecular weight is 360 g/mol. The van der Waals surface area contributed by atoms with E-state index in [9.17, 15) is 4.79 Å². The van der Waals surface area contributed by atoms with E-state index in [4.69, 9.17) is 0 Å². The van der Waals surface area contributed by atoms with E-state index in [1.165, 1.54) is 11.1 Å². The lowest BCUT2D eigenvalue weighted by molar-refractivity contribution is 0.102. The number of benzene rings is 2. The van der Waals surface area contributed by atoms with Gasteiger partial charge < -0.3 is 10.6 Å². The maximum atomic E-state index is 12.4. The van der Waals surface area contributed by atoms with Crippen molar-refractivity contribution in [3.05, 3.63) is 83.7 Å². The van der Waals surface area contributed by atoms with Crippen molar-refractivity contribution >= 4 is 17.5 Å². The Morgan fingerprint density at radius 3 is 2.48 bits per heavy atom. The van der Waals surface area contributed by atoms with Crippen LogP contribution in [-0.4, -0.2) is 22.4 Å². The van der Waals surface area contributed by atoms with Gasteiger partial charge in [0.1, 0.15) is 5.69 Å². The average Bonchev–Trinajstić information content (AvgIpc) is 2.73. The maximum Gasteiger partial charge on any atom is 0.274 e. The molecule has 5 nitrogen and oxygen atoms in total. The van der Waals surface area contributed by atoms with E-state index < -0.39 is 0 Å². The normalized spacial score (nSPS) is 10.4. The molecule has 0 aliphatic rings. The van der Waals surface area contributed by atoms with Gasteiger partial charge in [0.05, 0.1) is 0 Å². The van der Waals surface area contributed by atoms with Gasteiger partial charge in [-0.2, -0.15) is 0 Å². The Morgan fingerprint density at radius 1 is 0.963 bits per heavy atom. The minimum absolute atomic E-state index is 0.242. The van der Waals surface area contributed by atoms with Crippen LogP contribution in [0.2, 0.25) is 0 Å². The summed E-state index contributed by atoms with van der Waals surface area (Å²) in [6, 6.07) is 19.8. The molecule has 3 aromatic rings. The molecule has 0 aliphatic heterocycles. The predicted molar refractivity (Wildman–Crippen MR) is 109 cm³/mol. The SMILES string of the molecule is CCc1ccc(NC(=O)c2ccnc(NCCCc3ccccc3)n2)cc1. The first-order valence-corrected chi connectivity index (χ1v) is 9.25. The molecular weight excluding hydrogens is 336 g/mol. The van der Waals surface area contributed by atoms with Crippen LogP contribution >= 0.6 is 0 Å². The Labute approximate surface area is 159 Å². The van der Waals surface area contributed by atoms with Gasteiger partial charge in [0.2, 0.25) is 5.95 Å². The fourth-order valence-electron chi connectivity index (χ4n) is 2.73. The second-order valence-corrected chi connectivity index (χ2v) is 6.29. The molecule has 0 atom stereocenters. The summed E-state index contributed by atoms with van der Waals surface area (Å²) in [5.74, 6) is 0.228. The zero-order valence-corrected chi connectivity index (χ0v) is 15.5. The molecule has 2 N–H and O–H groups in total. The van der Waals surface area contributed by atoms with E-state index in [1.807, 2.05) is 42.5 Å². The highest BCUT2D eigenvalue weighted by atomic mass is 16.1. The number of aryl methyl sites for hydroxylation is 2. The number of anilines is 2. The quantitative estimate of drug-likeness (QED) is 0.587. The maximum absolute atomic E-state index is 12.4. The van der Waals surface area contributed by atoms with Crippen molar-refractivity contribution in [2.24, 2.45) is 0 Å². The molecule has 0 radical (unpaired) electrons. The Morgan fingerprint density at radius 2 is 1.74 bits per heavy atom. The fraction of sp³-hybridized carbons (Fsp3) is 0.227. The Hall–Kier alpha value is -3.21. The van der Waals surface area contributed by atoms with E-state index in [2.05, 4.69) is 39.7 Å². The van der Waals surface area contributed by atoms with Crippen molar-refractivity contribution in [1.82, 2.24) is 9.97 Å². The number of nitrogens with zero attached hydrogens (tertiary/aromatic N) is 2. The summed E-state index contributed by atoms with van der Waals surface area (Å²) in [6.07, 6.45) is 4.52. The van der Waals surface area contributed by atoms with Gasteiger partial charge in [0.15, 0.2) is 0 Å². The lowest BCUT2D eigenvalue weighted by Gasteiger charge is -2.08. The summed E-state index contributed by atoms with van der Waals surface area (Å²) in [5, 5.41) is 6.06. The lowest BCUT2D eigenvalue weighted by Crippen LogP contribution is -2.15. The molecule has 0 spiro atoms. The highest BCUT2D eigenvalue weighted by Crippen LogP contribution is 2.12. The van der Waals surface area contributed by atoms with Crippen LogP contribution in [0.15, 0.2) is 66.9 Å². The molecular formula is C22H24N4O. The van der Waals surface area contributed by atoms with Crippen molar-refractivity contribution in [2.75, 3.05) is 17.2 Å². The lowest BCUT2D eigenvalue weighted by atomic mass is 10.1. The van der Waals surface area contributed by atoms with E-state index in [1.54, 1.807) is 12.3 Å². The third-order valence-electron chi connectivity index (χ3n) is 4.28. The summed E-state index contributed by atoms with van der Waals surface area (Å²) in [4.78, 5) is 20.9. The molecule has 0 fully saturated rings. The van der Waals surface area contributed by atoms with E-state index in [0.29, 0.717) is 11.6 Å². The third-order valence-corrected chi connectivity index (χ3v) is 4.28. The molecule has 0 unspecified atom stereocenters. The van der Waals surface area contributed by atoms with Crippen LogP contribution in [0.5, 0.6) is 0 Å². The molecule has 1 amide bonds. The largest absolute Gasteiger partial charge is 0.354 e. The minimum atomic E-state index is -0.242. The van der Waals surface area contributed by atoms with Crippen LogP contribution in [0, 0.1) is 0 Å². The summed E-state index contributed by atoms with van der Waals surface area (Å²) in [7, 11) is 0. The van der Waals surface area contributed by atoms with Crippen LogP contribution in [0.1, 0.15) is 35.0 Å². The molecule has 27 heavy (non-hydrogen) atoms. The van der Waals surface area contributed by atoms with Gasteiger partial charge >= 0.3 is 0 Å². The van der Waals surface area contributed by atoms with Crippen molar-refractivity contribution in [2.45, 2.75) is 26.2 Å². The summed E-state index contributed by atoms with van der Waals surface area (Å²) in [6.45, 7) is 2.85. The van der Waals surface area contributed by atoms with Crippen molar-refractivity contribution in [3.8, 4) is 0 Å². The monoisotopic (exact) mass is 360 g/mol. The molecule has 0 saturated carbocycles. The number of carbonyl (C=O) groups is 1. The van der Waals surface area contributed by atoms with Gasteiger partial charge in [0, 0.05) is 18.4 Å². The molecule has 2 aromatic carbocycles. The van der Waals surface area contributed by atoms with Crippen LogP contribution in [0.3, 0.4) is 0 Å². The van der Waals surface area contributed by atoms with Crippen LogP contribution in [-0.2, 0) is 12.8 Å². The number of rotatable bonds is 8. The fourth-order valence-corrected chi connectivity index (χ4v) is 2.73. The first-order chi connectivity index (χ1) is 13.2. The molecule has 5 heteroatoms. The Bertz CT molecular complexity index is 863. The summed E-state index contributed by atoms with van der Waals surface area (Å²) < 4.78 is 0. The van der Waals surface area contributed by atoms with Gasteiger partial charge in [-0.25, -0.2) is 9.97 Å². The van der Waals surface area contributed by atoms with E-state index >= 15 is 0 Å². The smallest absolute Gasteiger partial charge is 0.274 e. The molecule has 3 rings (SSSR count). The number of nitrogens with one attached hydrogen (secondary N) is 2.